The first-order chi connectivity index (χ1) is 8.63. The minimum atomic E-state index is 0.841. The van der Waals surface area contributed by atoms with Gasteiger partial charge in [-0.25, -0.2) is 4.68 Å². The maximum atomic E-state index is 5.40. The van der Waals surface area contributed by atoms with Gasteiger partial charge in [-0.15, -0.1) is 0 Å². The quantitative estimate of drug-likeness (QED) is 0.872. The standard InChI is InChI=1S/C14H25N3O/c1-10-6-5-7-12(10)8-15-9-13-11(2)16-17(3)14(13)18-4/h10,12,15H,5-9H2,1-4H3. The molecule has 1 aliphatic rings. The summed E-state index contributed by atoms with van der Waals surface area (Å²) in [6.07, 6.45) is 4.15. The molecule has 1 aromatic rings. The van der Waals surface area contributed by atoms with Gasteiger partial charge in [0.15, 0.2) is 0 Å². The van der Waals surface area contributed by atoms with Crippen LogP contribution < -0.4 is 10.1 Å². The Bertz CT molecular complexity index is 400. The summed E-state index contributed by atoms with van der Waals surface area (Å²) in [5.41, 5.74) is 2.24. The Morgan fingerprint density at radius 2 is 2.22 bits per heavy atom. The molecule has 0 aromatic carbocycles. The molecule has 1 fully saturated rings. The SMILES string of the molecule is COc1c(CNCC2CCCC2C)c(C)nn1C. The Labute approximate surface area is 110 Å². The molecular formula is C14H25N3O. The molecule has 2 atom stereocenters. The molecule has 0 aliphatic heterocycles. The van der Waals surface area contributed by atoms with Crippen LogP contribution >= 0.6 is 0 Å². The van der Waals surface area contributed by atoms with E-state index in [0.29, 0.717) is 0 Å². The lowest BCUT2D eigenvalue weighted by Gasteiger charge is -2.16. The van der Waals surface area contributed by atoms with Crippen LogP contribution in [0.25, 0.3) is 0 Å². The van der Waals surface area contributed by atoms with Crippen molar-refractivity contribution in [1.82, 2.24) is 15.1 Å². The molecule has 0 saturated heterocycles. The second-order valence-corrected chi connectivity index (χ2v) is 5.50. The first-order valence-electron chi connectivity index (χ1n) is 6.90. The summed E-state index contributed by atoms with van der Waals surface area (Å²) in [4.78, 5) is 0. The molecule has 0 radical (unpaired) electrons. The van der Waals surface area contributed by atoms with Crippen molar-refractivity contribution in [2.45, 2.75) is 39.7 Å². The second-order valence-electron chi connectivity index (χ2n) is 5.50. The van der Waals surface area contributed by atoms with Gasteiger partial charge >= 0.3 is 0 Å². The van der Waals surface area contributed by atoms with Gasteiger partial charge in [-0.2, -0.15) is 5.10 Å². The lowest BCUT2D eigenvalue weighted by atomic mass is 9.98. The lowest BCUT2D eigenvalue weighted by molar-refractivity contribution is 0.363. The molecule has 102 valence electrons. The predicted molar refractivity (Wildman–Crippen MR) is 72.7 cm³/mol. The summed E-state index contributed by atoms with van der Waals surface area (Å²) in [7, 11) is 3.63. The number of nitrogens with zero attached hydrogens (tertiary/aromatic N) is 2. The van der Waals surface area contributed by atoms with Crippen molar-refractivity contribution in [3.63, 3.8) is 0 Å². The van der Waals surface area contributed by atoms with Gasteiger partial charge in [0.1, 0.15) is 0 Å². The second kappa shape index (κ2) is 5.74. The van der Waals surface area contributed by atoms with Gasteiger partial charge in [0.25, 0.3) is 0 Å². The fourth-order valence-electron chi connectivity index (χ4n) is 3.05. The molecule has 4 nitrogen and oxygen atoms in total. The van der Waals surface area contributed by atoms with E-state index in [0.717, 1.165) is 36.5 Å². The Morgan fingerprint density at radius 1 is 1.44 bits per heavy atom. The zero-order valence-corrected chi connectivity index (χ0v) is 12.0. The van der Waals surface area contributed by atoms with Crippen LogP contribution in [0.15, 0.2) is 0 Å². The van der Waals surface area contributed by atoms with Crippen LogP contribution in [-0.4, -0.2) is 23.4 Å². The van der Waals surface area contributed by atoms with Gasteiger partial charge in [-0.05, 0) is 31.7 Å². The summed E-state index contributed by atoms with van der Waals surface area (Å²) in [5, 5.41) is 7.97. The monoisotopic (exact) mass is 251 g/mol. The molecule has 1 aromatic heterocycles. The number of rotatable bonds is 5. The number of aryl methyl sites for hydroxylation is 2. The van der Waals surface area contributed by atoms with Crippen molar-refractivity contribution in [1.29, 1.82) is 0 Å². The first kappa shape index (κ1) is 13.4. The molecule has 0 spiro atoms. The highest BCUT2D eigenvalue weighted by molar-refractivity contribution is 5.30. The third kappa shape index (κ3) is 2.69. The highest BCUT2D eigenvalue weighted by Crippen LogP contribution is 2.30. The summed E-state index contributed by atoms with van der Waals surface area (Å²) in [5.74, 6) is 2.59. The Kier molecular flexibility index (Phi) is 4.27. The molecule has 18 heavy (non-hydrogen) atoms. The van der Waals surface area contributed by atoms with Crippen LogP contribution in [0.4, 0.5) is 0 Å². The lowest BCUT2D eigenvalue weighted by Crippen LogP contribution is -2.24. The molecular weight excluding hydrogens is 226 g/mol. The van der Waals surface area contributed by atoms with Crippen LogP contribution in [0.3, 0.4) is 0 Å². The van der Waals surface area contributed by atoms with Crippen molar-refractivity contribution in [3.8, 4) is 5.88 Å². The molecule has 2 rings (SSSR count). The van der Waals surface area contributed by atoms with E-state index < -0.39 is 0 Å². The highest BCUT2D eigenvalue weighted by atomic mass is 16.5. The average Bonchev–Trinajstić information content (AvgIpc) is 2.84. The number of aromatic nitrogens is 2. The van der Waals surface area contributed by atoms with Gasteiger partial charge in [0.05, 0.1) is 18.4 Å². The van der Waals surface area contributed by atoms with Crippen LogP contribution in [0, 0.1) is 18.8 Å². The van der Waals surface area contributed by atoms with Crippen molar-refractivity contribution < 1.29 is 4.74 Å². The third-order valence-corrected chi connectivity index (χ3v) is 4.23. The van der Waals surface area contributed by atoms with E-state index >= 15 is 0 Å². The van der Waals surface area contributed by atoms with Gasteiger partial charge in [0, 0.05) is 13.6 Å². The minimum absolute atomic E-state index is 0.841. The van der Waals surface area contributed by atoms with E-state index in [4.69, 9.17) is 4.74 Å². The summed E-state index contributed by atoms with van der Waals surface area (Å²) in [6.45, 7) is 6.37. The van der Waals surface area contributed by atoms with Crippen molar-refractivity contribution in [3.05, 3.63) is 11.3 Å². The Balaban J connectivity index is 1.90. The zero-order valence-electron chi connectivity index (χ0n) is 12.0. The first-order valence-corrected chi connectivity index (χ1v) is 6.90. The van der Waals surface area contributed by atoms with Crippen LogP contribution in [0.5, 0.6) is 5.88 Å². The normalized spacial score (nSPS) is 23.6. The summed E-state index contributed by atoms with van der Waals surface area (Å²) >= 11 is 0. The molecule has 1 N–H and O–H groups in total. The van der Waals surface area contributed by atoms with Crippen molar-refractivity contribution in [2.75, 3.05) is 13.7 Å². The molecule has 4 heteroatoms. The van der Waals surface area contributed by atoms with Crippen LogP contribution in [0.1, 0.15) is 37.4 Å². The number of nitrogens with one attached hydrogen (secondary N) is 1. The van der Waals surface area contributed by atoms with E-state index in [1.54, 1.807) is 7.11 Å². The summed E-state index contributed by atoms with van der Waals surface area (Å²) in [6, 6.07) is 0. The molecule has 1 aliphatic carbocycles. The van der Waals surface area contributed by atoms with E-state index in [-0.39, 0.29) is 0 Å². The topological polar surface area (TPSA) is 39.1 Å². The number of hydrogen-bond donors (Lipinski definition) is 1. The van der Waals surface area contributed by atoms with E-state index in [9.17, 15) is 0 Å². The largest absolute Gasteiger partial charge is 0.481 e. The molecule has 2 unspecified atom stereocenters. The molecule has 0 amide bonds. The molecule has 1 saturated carbocycles. The fourth-order valence-corrected chi connectivity index (χ4v) is 3.05. The van der Waals surface area contributed by atoms with E-state index in [2.05, 4.69) is 17.3 Å². The Hall–Kier alpha value is -1.03. The number of hydrogen-bond acceptors (Lipinski definition) is 3. The number of ether oxygens (including phenoxy) is 1. The van der Waals surface area contributed by atoms with E-state index in [1.807, 2.05) is 18.7 Å². The minimum Gasteiger partial charge on any atom is -0.481 e. The molecule has 1 heterocycles. The number of methoxy groups -OCH3 is 1. The van der Waals surface area contributed by atoms with Gasteiger partial charge in [-0.1, -0.05) is 19.8 Å². The highest BCUT2D eigenvalue weighted by Gasteiger charge is 2.23. The third-order valence-electron chi connectivity index (χ3n) is 4.23. The van der Waals surface area contributed by atoms with Gasteiger partial charge in [0.2, 0.25) is 5.88 Å². The van der Waals surface area contributed by atoms with Gasteiger partial charge in [-0.3, -0.25) is 0 Å². The van der Waals surface area contributed by atoms with Crippen molar-refractivity contribution >= 4 is 0 Å². The van der Waals surface area contributed by atoms with Crippen LogP contribution in [0.2, 0.25) is 0 Å². The maximum absolute atomic E-state index is 5.40. The van der Waals surface area contributed by atoms with Crippen molar-refractivity contribution in [2.24, 2.45) is 18.9 Å². The smallest absolute Gasteiger partial charge is 0.216 e. The predicted octanol–water partition coefficient (Wildman–Crippen LogP) is 2.26. The molecule has 0 bridgehead atoms. The maximum Gasteiger partial charge on any atom is 0.216 e. The summed E-state index contributed by atoms with van der Waals surface area (Å²) < 4.78 is 7.21. The van der Waals surface area contributed by atoms with Crippen LogP contribution in [-0.2, 0) is 13.6 Å². The average molecular weight is 251 g/mol. The zero-order chi connectivity index (χ0) is 13.1. The van der Waals surface area contributed by atoms with E-state index in [1.165, 1.54) is 24.8 Å². The fraction of sp³-hybridized carbons (Fsp3) is 0.786. The van der Waals surface area contributed by atoms with Gasteiger partial charge < -0.3 is 10.1 Å². The Morgan fingerprint density at radius 3 is 2.83 bits per heavy atom.